The number of hydrogen-bond acceptors (Lipinski definition) is 6. The van der Waals surface area contributed by atoms with E-state index in [9.17, 15) is 27.6 Å². The average molecular weight is 504 g/mol. The number of benzene rings is 2. The number of urea groups is 1. The molecule has 1 atom stereocenters. The Bertz CT molecular complexity index is 1240. The summed E-state index contributed by atoms with van der Waals surface area (Å²) in [5.41, 5.74) is -0.180. The number of amides is 3. The minimum atomic E-state index is -4.62. The number of halogens is 3. The molecular weight excluding hydrogens is 481 g/mol. The lowest BCUT2D eigenvalue weighted by atomic mass is 10.0. The minimum Gasteiger partial charge on any atom is -0.467 e. The number of nitrogens with one attached hydrogen (secondary N) is 3. The minimum absolute atomic E-state index is 0.121. The summed E-state index contributed by atoms with van der Waals surface area (Å²) in [5.74, 6) is -1.58. The highest BCUT2D eigenvalue weighted by atomic mass is 19.4. The van der Waals surface area contributed by atoms with Crippen LogP contribution in [0.2, 0.25) is 0 Å². The Kier molecular flexibility index (Phi) is 7.97. The van der Waals surface area contributed by atoms with Gasteiger partial charge in [-0.2, -0.15) is 13.2 Å². The number of alkyl halides is 3. The van der Waals surface area contributed by atoms with Crippen molar-refractivity contribution in [2.75, 3.05) is 17.7 Å². The molecule has 0 saturated heterocycles. The molecule has 0 saturated carbocycles. The van der Waals surface area contributed by atoms with Crippen LogP contribution in [0.1, 0.15) is 30.0 Å². The van der Waals surface area contributed by atoms with Crippen molar-refractivity contribution in [3.8, 4) is 11.3 Å². The Morgan fingerprint density at radius 2 is 1.67 bits per heavy atom. The van der Waals surface area contributed by atoms with E-state index in [0.29, 0.717) is 16.9 Å². The molecule has 0 unspecified atom stereocenters. The van der Waals surface area contributed by atoms with E-state index in [4.69, 9.17) is 9.26 Å². The molecule has 0 aliphatic heterocycles. The third-order valence-corrected chi connectivity index (χ3v) is 5.06. The molecule has 0 fully saturated rings. The van der Waals surface area contributed by atoms with Crippen molar-refractivity contribution in [1.29, 1.82) is 0 Å². The van der Waals surface area contributed by atoms with Gasteiger partial charge in [-0.1, -0.05) is 43.3 Å². The van der Waals surface area contributed by atoms with E-state index in [-0.39, 0.29) is 17.4 Å². The van der Waals surface area contributed by atoms with Crippen LogP contribution < -0.4 is 16.0 Å². The standard InChI is InChI=1S/C24H23F3N4O5/c1-13(2)20(22(33)35-3)30-21(32)19-12-18(31-36-19)14-8-10-15(11-9-14)28-23(34)29-17-7-5-4-6-16(17)24(25,26)27/h4-13,20H,1-3H3,(H,30,32)(H2,28,29,34)/t20-/m0/s1. The van der Waals surface area contributed by atoms with Gasteiger partial charge in [0.2, 0.25) is 5.76 Å². The van der Waals surface area contributed by atoms with Gasteiger partial charge in [0.1, 0.15) is 11.7 Å². The summed E-state index contributed by atoms with van der Waals surface area (Å²) in [6.45, 7) is 3.50. The Morgan fingerprint density at radius 1 is 1.00 bits per heavy atom. The zero-order valence-corrected chi connectivity index (χ0v) is 19.5. The van der Waals surface area contributed by atoms with Crippen molar-refractivity contribution in [2.45, 2.75) is 26.1 Å². The molecule has 1 aromatic heterocycles. The first-order valence-corrected chi connectivity index (χ1v) is 10.7. The highest BCUT2D eigenvalue weighted by Gasteiger charge is 2.33. The predicted molar refractivity (Wildman–Crippen MR) is 124 cm³/mol. The zero-order valence-electron chi connectivity index (χ0n) is 19.5. The molecule has 12 heteroatoms. The number of nitrogens with zero attached hydrogens (tertiary/aromatic N) is 1. The van der Waals surface area contributed by atoms with Crippen LogP contribution in [-0.2, 0) is 15.7 Å². The third-order valence-electron chi connectivity index (χ3n) is 5.06. The number of carbonyl (C=O) groups excluding carboxylic acids is 3. The number of rotatable bonds is 7. The topological polar surface area (TPSA) is 123 Å². The molecule has 0 spiro atoms. The van der Waals surface area contributed by atoms with Crippen molar-refractivity contribution >= 4 is 29.3 Å². The SMILES string of the molecule is COC(=O)[C@@H](NC(=O)c1cc(-c2ccc(NC(=O)Nc3ccccc3C(F)(F)F)cc2)no1)C(C)C. The maximum absolute atomic E-state index is 13.1. The van der Waals surface area contributed by atoms with Crippen molar-refractivity contribution in [2.24, 2.45) is 5.92 Å². The zero-order chi connectivity index (χ0) is 26.5. The molecule has 2 aromatic carbocycles. The van der Waals surface area contributed by atoms with E-state index in [2.05, 4.69) is 21.1 Å². The monoisotopic (exact) mass is 504 g/mol. The smallest absolute Gasteiger partial charge is 0.418 e. The summed E-state index contributed by atoms with van der Waals surface area (Å²) < 4.78 is 49.1. The van der Waals surface area contributed by atoms with E-state index >= 15 is 0 Å². The first kappa shape index (κ1) is 26.3. The Morgan fingerprint density at radius 3 is 2.28 bits per heavy atom. The normalized spacial score (nSPS) is 12.1. The molecule has 190 valence electrons. The second kappa shape index (κ2) is 10.9. The van der Waals surface area contributed by atoms with E-state index < -0.39 is 35.7 Å². The summed E-state index contributed by atoms with van der Waals surface area (Å²) in [7, 11) is 1.22. The maximum Gasteiger partial charge on any atom is 0.418 e. The number of para-hydroxylation sites is 1. The molecule has 0 aliphatic rings. The molecular formula is C24H23F3N4O5. The van der Waals surface area contributed by atoms with Gasteiger partial charge in [0.05, 0.1) is 18.4 Å². The van der Waals surface area contributed by atoms with Crippen LogP contribution in [0.5, 0.6) is 0 Å². The molecule has 3 aromatic rings. The first-order valence-electron chi connectivity index (χ1n) is 10.7. The fourth-order valence-corrected chi connectivity index (χ4v) is 3.20. The number of anilines is 2. The van der Waals surface area contributed by atoms with E-state index in [1.54, 1.807) is 26.0 Å². The third kappa shape index (κ3) is 6.40. The second-order valence-corrected chi connectivity index (χ2v) is 7.99. The molecule has 3 amide bonds. The second-order valence-electron chi connectivity index (χ2n) is 7.99. The lowest BCUT2D eigenvalue weighted by molar-refractivity contribution is -0.144. The van der Waals surface area contributed by atoms with Gasteiger partial charge in [-0.05, 0) is 30.2 Å². The summed E-state index contributed by atoms with van der Waals surface area (Å²) >= 11 is 0. The van der Waals surface area contributed by atoms with Crippen molar-refractivity contribution in [3.63, 3.8) is 0 Å². The van der Waals surface area contributed by atoms with Crippen molar-refractivity contribution in [3.05, 3.63) is 65.9 Å². The van der Waals surface area contributed by atoms with Gasteiger partial charge < -0.3 is 25.2 Å². The number of esters is 1. The summed E-state index contributed by atoms with van der Waals surface area (Å²) in [6.07, 6.45) is -4.62. The first-order chi connectivity index (χ1) is 17.0. The largest absolute Gasteiger partial charge is 0.467 e. The lowest BCUT2D eigenvalue weighted by Crippen LogP contribution is -2.44. The highest BCUT2D eigenvalue weighted by Crippen LogP contribution is 2.34. The number of methoxy groups -OCH3 is 1. The molecule has 0 aliphatic carbocycles. The van der Waals surface area contributed by atoms with E-state index in [1.807, 2.05) is 0 Å². The predicted octanol–water partition coefficient (Wildman–Crippen LogP) is 4.93. The number of hydrogen-bond donors (Lipinski definition) is 3. The van der Waals surface area contributed by atoms with Crippen LogP contribution in [0.4, 0.5) is 29.3 Å². The number of aromatic nitrogens is 1. The summed E-state index contributed by atoms with van der Waals surface area (Å²) in [4.78, 5) is 36.5. The van der Waals surface area contributed by atoms with Crippen LogP contribution in [0.25, 0.3) is 11.3 Å². The van der Waals surface area contributed by atoms with Crippen LogP contribution in [0.3, 0.4) is 0 Å². The molecule has 36 heavy (non-hydrogen) atoms. The van der Waals surface area contributed by atoms with Crippen LogP contribution in [0.15, 0.2) is 59.1 Å². The molecule has 3 rings (SSSR count). The maximum atomic E-state index is 13.1. The Balaban J connectivity index is 1.65. The molecule has 9 nitrogen and oxygen atoms in total. The van der Waals surface area contributed by atoms with Crippen LogP contribution >= 0.6 is 0 Å². The van der Waals surface area contributed by atoms with Crippen molar-refractivity contribution in [1.82, 2.24) is 10.5 Å². The van der Waals surface area contributed by atoms with Gasteiger partial charge in [0.15, 0.2) is 0 Å². The van der Waals surface area contributed by atoms with Gasteiger partial charge in [-0.25, -0.2) is 9.59 Å². The van der Waals surface area contributed by atoms with Crippen LogP contribution in [-0.4, -0.2) is 36.2 Å². The Labute approximate surface area is 204 Å². The molecule has 1 heterocycles. The quantitative estimate of drug-likeness (QED) is 0.392. The highest BCUT2D eigenvalue weighted by molar-refractivity contribution is 6.00. The summed E-state index contributed by atoms with van der Waals surface area (Å²) in [5, 5.41) is 11.0. The lowest BCUT2D eigenvalue weighted by Gasteiger charge is -2.18. The average Bonchev–Trinajstić information content (AvgIpc) is 3.32. The molecule has 0 bridgehead atoms. The van der Waals surface area contributed by atoms with E-state index in [1.165, 1.54) is 37.4 Å². The van der Waals surface area contributed by atoms with Gasteiger partial charge in [-0.3, -0.25) is 4.79 Å². The van der Waals surface area contributed by atoms with Gasteiger partial charge in [-0.15, -0.1) is 0 Å². The van der Waals surface area contributed by atoms with Crippen LogP contribution in [0, 0.1) is 5.92 Å². The molecule has 3 N–H and O–H groups in total. The van der Waals surface area contributed by atoms with Gasteiger partial charge in [0.25, 0.3) is 5.91 Å². The fraction of sp³-hybridized carbons (Fsp3) is 0.250. The number of carbonyl (C=O) groups is 3. The number of ether oxygens (including phenoxy) is 1. The Hall–Kier alpha value is -4.35. The van der Waals surface area contributed by atoms with Gasteiger partial charge >= 0.3 is 18.2 Å². The molecule has 0 radical (unpaired) electrons. The van der Waals surface area contributed by atoms with Crippen molar-refractivity contribution < 1.29 is 36.8 Å². The van der Waals surface area contributed by atoms with E-state index in [0.717, 1.165) is 12.1 Å². The fourth-order valence-electron chi connectivity index (χ4n) is 3.20. The summed E-state index contributed by atoms with van der Waals surface area (Å²) in [6, 6.07) is 10.4. The van der Waals surface area contributed by atoms with Gasteiger partial charge in [0, 0.05) is 17.3 Å².